The molecular formula is C22H21N3O6S. The molecule has 0 aliphatic heterocycles. The number of benzene rings is 2. The maximum absolute atomic E-state index is 12.8. The van der Waals surface area contributed by atoms with Crippen molar-refractivity contribution >= 4 is 28.3 Å². The first-order valence-electron chi connectivity index (χ1n) is 9.34. The number of aromatic nitrogens is 3. The lowest BCUT2D eigenvalue weighted by atomic mass is 10.1. The Bertz CT molecular complexity index is 1320. The highest BCUT2D eigenvalue weighted by Crippen LogP contribution is 2.38. The van der Waals surface area contributed by atoms with Crippen molar-refractivity contribution in [3.05, 3.63) is 62.9 Å². The van der Waals surface area contributed by atoms with Gasteiger partial charge in [-0.05, 0) is 23.8 Å². The topological polar surface area (TPSA) is 112 Å². The Kier molecular flexibility index (Phi) is 7.06. The first-order valence-corrected chi connectivity index (χ1v) is 10.2. The van der Waals surface area contributed by atoms with Crippen molar-refractivity contribution in [3.8, 4) is 28.6 Å². The highest BCUT2D eigenvalue weighted by Gasteiger charge is 2.14. The van der Waals surface area contributed by atoms with E-state index >= 15 is 0 Å². The molecule has 4 aromatic rings. The van der Waals surface area contributed by atoms with Crippen LogP contribution < -0.4 is 24.3 Å². The van der Waals surface area contributed by atoms with Crippen LogP contribution in [-0.2, 0) is 4.79 Å². The number of nitrogens with zero attached hydrogens (tertiary/aromatic N) is 3. The number of methoxy groups -OCH3 is 3. The summed E-state index contributed by atoms with van der Waals surface area (Å²) in [5.41, 5.74) is 1.40. The number of fused-ring (bicyclic) bond motifs is 1. The van der Waals surface area contributed by atoms with Gasteiger partial charge in [0.15, 0.2) is 17.3 Å². The molecule has 0 spiro atoms. The van der Waals surface area contributed by atoms with Crippen LogP contribution in [0.3, 0.4) is 0 Å². The highest BCUT2D eigenvalue weighted by molar-refractivity contribution is 7.15. The molecule has 0 aliphatic carbocycles. The number of carbonyl (C=O) groups is 1. The fourth-order valence-electron chi connectivity index (χ4n) is 2.88. The average molecular weight is 455 g/mol. The van der Waals surface area contributed by atoms with Crippen LogP contribution in [0, 0.1) is 0 Å². The van der Waals surface area contributed by atoms with Crippen LogP contribution in [0.1, 0.15) is 12.5 Å². The van der Waals surface area contributed by atoms with E-state index in [1.807, 2.05) is 30.3 Å². The monoisotopic (exact) mass is 455 g/mol. The van der Waals surface area contributed by atoms with E-state index in [2.05, 4.69) is 10.1 Å². The van der Waals surface area contributed by atoms with Gasteiger partial charge in [0, 0.05) is 12.5 Å². The third kappa shape index (κ3) is 4.86. The van der Waals surface area contributed by atoms with Crippen molar-refractivity contribution < 1.29 is 24.1 Å². The van der Waals surface area contributed by atoms with E-state index in [0.717, 1.165) is 18.1 Å². The molecule has 2 aromatic heterocycles. The molecule has 2 aromatic carbocycles. The highest BCUT2D eigenvalue weighted by atomic mass is 32.1. The Morgan fingerprint density at radius 3 is 2.16 bits per heavy atom. The van der Waals surface area contributed by atoms with E-state index in [9.17, 15) is 4.79 Å². The van der Waals surface area contributed by atoms with Crippen molar-refractivity contribution in [2.45, 2.75) is 6.92 Å². The summed E-state index contributed by atoms with van der Waals surface area (Å²) in [6, 6.07) is 13.1. The third-order valence-electron chi connectivity index (χ3n) is 4.20. The van der Waals surface area contributed by atoms with E-state index in [4.69, 9.17) is 24.1 Å². The van der Waals surface area contributed by atoms with Crippen LogP contribution in [-0.4, -0.2) is 47.0 Å². The maximum Gasteiger partial charge on any atom is 0.300 e. The summed E-state index contributed by atoms with van der Waals surface area (Å²) in [4.78, 5) is 26.8. The van der Waals surface area contributed by atoms with Crippen LogP contribution >= 0.6 is 11.3 Å². The van der Waals surface area contributed by atoms with E-state index in [1.54, 1.807) is 39.5 Å². The Morgan fingerprint density at radius 2 is 1.66 bits per heavy atom. The number of thiazole rings is 1. The number of carboxylic acid groups (broad SMARTS) is 1. The predicted octanol–water partition coefficient (Wildman–Crippen LogP) is 2.48. The van der Waals surface area contributed by atoms with Crippen molar-refractivity contribution in [2.75, 3.05) is 21.3 Å². The molecule has 4 rings (SSSR count). The first-order chi connectivity index (χ1) is 15.4. The molecule has 10 heteroatoms. The second-order valence-corrected chi connectivity index (χ2v) is 7.40. The molecule has 2 heterocycles. The smallest absolute Gasteiger partial charge is 0.300 e. The summed E-state index contributed by atoms with van der Waals surface area (Å²) < 4.78 is 17.9. The maximum atomic E-state index is 12.8. The Labute approximate surface area is 187 Å². The van der Waals surface area contributed by atoms with Gasteiger partial charge in [-0.25, -0.2) is 0 Å². The molecule has 0 amide bonds. The van der Waals surface area contributed by atoms with Gasteiger partial charge < -0.3 is 19.3 Å². The van der Waals surface area contributed by atoms with Gasteiger partial charge >= 0.3 is 0 Å². The van der Waals surface area contributed by atoms with Gasteiger partial charge in [0.2, 0.25) is 10.7 Å². The molecule has 0 saturated heterocycles. The van der Waals surface area contributed by atoms with E-state index in [1.165, 1.54) is 15.9 Å². The van der Waals surface area contributed by atoms with Gasteiger partial charge in [-0.1, -0.05) is 41.7 Å². The van der Waals surface area contributed by atoms with Gasteiger partial charge in [-0.3, -0.25) is 9.59 Å². The summed E-state index contributed by atoms with van der Waals surface area (Å²) in [5.74, 6) is 1.24. The Morgan fingerprint density at radius 1 is 1.06 bits per heavy atom. The van der Waals surface area contributed by atoms with Crippen LogP contribution in [0.15, 0.2) is 47.3 Å². The molecule has 0 unspecified atom stereocenters. The van der Waals surface area contributed by atoms with E-state index in [0.29, 0.717) is 32.6 Å². The minimum Gasteiger partial charge on any atom is -0.493 e. The van der Waals surface area contributed by atoms with Crippen LogP contribution in [0.5, 0.6) is 17.2 Å². The van der Waals surface area contributed by atoms with Crippen molar-refractivity contribution in [1.82, 2.24) is 14.6 Å². The van der Waals surface area contributed by atoms with Gasteiger partial charge in [0.05, 0.1) is 25.9 Å². The molecule has 0 bridgehead atoms. The molecule has 0 atom stereocenters. The number of hydrogen-bond acceptors (Lipinski definition) is 8. The summed E-state index contributed by atoms with van der Waals surface area (Å²) in [7, 11) is 4.65. The minimum atomic E-state index is -0.833. The second-order valence-electron chi connectivity index (χ2n) is 6.39. The average Bonchev–Trinajstić information content (AvgIpc) is 3.32. The molecule has 0 saturated carbocycles. The van der Waals surface area contributed by atoms with Crippen LogP contribution in [0.25, 0.3) is 22.4 Å². The standard InChI is InChI=1S/C20H17N3O4S.C2H4O2/c1-25-14-9-12(10-15(26-2)17(14)27-3)11-16-19(24)23-20(28-16)21-18(22-23)13-7-5-4-6-8-13;1-2(3)4/h4-11H,1-3H3;1H3,(H,3,4)/b16-11-;. The lowest BCUT2D eigenvalue weighted by Gasteiger charge is -2.12. The quantitative estimate of drug-likeness (QED) is 0.489. The lowest BCUT2D eigenvalue weighted by Crippen LogP contribution is -2.23. The number of carboxylic acids is 1. The molecule has 9 nitrogen and oxygen atoms in total. The summed E-state index contributed by atoms with van der Waals surface area (Å²) >= 11 is 1.28. The number of rotatable bonds is 5. The zero-order chi connectivity index (χ0) is 23.3. The molecular weight excluding hydrogens is 434 g/mol. The van der Waals surface area contributed by atoms with Crippen molar-refractivity contribution in [3.63, 3.8) is 0 Å². The summed E-state index contributed by atoms with van der Waals surface area (Å²) in [6.07, 6.45) is 1.76. The number of hydrogen-bond donors (Lipinski definition) is 1. The second kappa shape index (κ2) is 9.92. The fraction of sp³-hybridized carbons (Fsp3) is 0.182. The van der Waals surface area contributed by atoms with Gasteiger partial charge in [-0.15, -0.1) is 5.10 Å². The largest absolute Gasteiger partial charge is 0.493 e. The Hall–Kier alpha value is -3.92. The summed E-state index contributed by atoms with van der Waals surface area (Å²) in [5, 5.41) is 11.8. The molecule has 32 heavy (non-hydrogen) atoms. The van der Waals surface area contributed by atoms with Crippen LogP contribution in [0.4, 0.5) is 0 Å². The minimum absolute atomic E-state index is 0.219. The van der Waals surface area contributed by atoms with Gasteiger partial charge in [0.25, 0.3) is 11.5 Å². The number of ether oxygens (including phenoxy) is 3. The van der Waals surface area contributed by atoms with Gasteiger partial charge in [0.1, 0.15) is 0 Å². The molecule has 0 aliphatic rings. The number of aliphatic carboxylic acids is 1. The zero-order valence-electron chi connectivity index (χ0n) is 17.9. The predicted molar refractivity (Wildman–Crippen MR) is 121 cm³/mol. The van der Waals surface area contributed by atoms with E-state index in [-0.39, 0.29) is 5.56 Å². The fourth-order valence-corrected chi connectivity index (χ4v) is 3.79. The summed E-state index contributed by atoms with van der Waals surface area (Å²) in [6.45, 7) is 1.08. The SMILES string of the molecule is CC(=O)O.COc1cc(/C=c2\sc3nc(-c4ccccc4)nn3c2=O)cc(OC)c1OC. The third-order valence-corrected chi connectivity index (χ3v) is 5.16. The zero-order valence-corrected chi connectivity index (χ0v) is 18.7. The van der Waals surface area contributed by atoms with E-state index < -0.39 is 5.97 Å². The normalized spacial score (nSPS) is 11.1. The van der Waals surface area contributed by atoms with Crippen LogP contribution in [0.2, 0.25) is 0 Å². The lowest BCUT2D eigenvalue weighted by molar-refractivity contribution is -0.134. The molecule has 166 valence electrons. The Balaban J connectivity index is 0.000000668. The molecule has 0 radical (unpaired) electrons. The van der Waals surface area contributed by atoms with Gasteiger partial charge in [-0.2, -0.15) is 9.50 Å². The molecule has 1 N–H and O–H groups in total. The van der Waals surface area contributed by atoms with Crippen molar-refractivity contribution in [2.24, 2.45) is 0 Å². The molecule has 0 fully saturated rings. The van der Waals surface area contributed by atoms with Crippen molar-refractivity contribution in [1.29, 1.82) is 0 Å². The first kappa shape index (κ1) is 22.8.